The van der Waals surface area contributed by atoms with Crippen molar-refractivity contribution >= 4 is 28.8 Å². The number of nitrogens with two attached hydrogens (primary N) is 2. The number of nitrogens with zero attached hydrogens (tertiary/aromatic N) is 2. The van der Waals surface area contributed by atoms with E-state index < -0.39 is 0 Å². The van der Waals surface area contributed by atoms with E-state index in [2.05, 4.69) is 4.99 Å². The maximum Gasteiger partial charge on any atom is 0.222 e. The van der Waals surface area contributed by atoms with Crippen molar-refractivity contribution in [3.8, 4) is 0 Å². The highest BCUT2D eigenvalue weighted by Gasteiger charge is 2.15. The third-order valence-corrected chi connectivity index (χ3v) is 3.23. The summed E-state index contributed by atoms with van der Waals surface area (Å²) in [5.41, 5.74) is 10.3. The number of rotatable bonds is 4. The van der Waals surface area contributed by atoms with Crippen LogP contribution in [0.4, 0.5) is 0 Å². The van der Waals surface area contributed by atoms with Crippen molar-refractivity contribution in [1.82, 2.24) is 4.90 Å². The molecule has 7 nitrogen and oxygen atoms in total. The molecule has 1 aliphatic rings. The molecule has 5 N–H and O–H groups in total. The highest BCUT2D eigenvalue weighted by atomic mass is 32.2. The van der Waals surface area contributed by atoms with Crippen LogP contribution in [0.15, 0.2) is 4.99 Å². The summed E-state index contributed by atoms with van der Waals surface area (Å²) < 4.78 is 5.18. The minimum Gasteiger partial charge on any atom is -0.378 e. The van der Waals surface area contributed by atoms with Gasteiger partial charge < -0.3 is 21.1 Å². The Morgan fingerprint density at radius 2 is 2.06 bits per heavy atom. The van der Waals surface area contributed by atoms with Gasteiger partial charge in [-0.3, -0.25) is 10.2 Å². The Bertz CT molecular complexity index is 324. The van der Waals surface area contributed by atoms with Crippen molar-refractivity contribution in [3.63, 3.8) is 0 Å². The fourth-order valence-corrected chi connectivity index (χ4v) is 2.16. The van der Waals surface area contributed by atoms with E-state index in [4.69, 9.17) is 21.6 Å². The second-order valence-electron chi connectivity index (χ2n) is 3.79. The summed E-state index contributed by atoms with van der Waals surface area (Å²) in [6, 6.07) is 0. The van der Waals surface area contributed by atoms with Gasteiger partial charge in [0.25, 0.3) is 0 Å². The Morgan fingerprint density at radius 1 is 1.39 bits per heavy atom. The summed E-state index contributed by atoms with van der Waals surface area (Å²) in [5, 5.41) is 7.48. The molecule has 0 radical (unpaired) electrons. The number of amidine groups is 1. The first-order valence-electron chi connectivity index (χ1n) is 5.76. The summed E-state index contributed by atoms with van der Waals surface area (Å²) in [6.45, 7) is 2.59. The van der Waals surface area contributed by atoms with Gasteiger partial charge >= 0.3 is 0 Å². The lowest BCUT2D eigenvalue weighted by Gasteiger charge is -2.26. The van der Waals surface area contributed by atoms with Crippen LogP contribution in [0.3, 0.4) is 0 Å². The zero-order valence-electron chi connectivity index (χ0n) is 10.2. The van der Waals surface area contributed by atoms with Crippen molar-refractivity contribution in [2.45, 2.75) is 12.8 Å². The van der Waals surface area contributed by atoms with E-state index >= 15 is 0 Å². The normalized spacial score (nSPS) is 15.2. The second-order valence-corrected chi connectivity index (χ2v) is 4.87. The van der Waals surface area contributed by atoms with Gasteiger partial charge in [-0.2, -0.15) is 4.99 Å². The van der Waals surface area contributed by atoms with Crippen molar-refractivity contribution in [3.05, 3.63) is 0 Å². The van der Waals surface area contributed by atoms with Crippen LogP contribution in [0.5, 0.6) is 0 Å². The zero-order valence-corrected chi connectivity index (χ0v) is 11.0. The second kappa shape index (κ2) is 7.93. The summed E-state index contributed by atoms with van der Waals surface area (Å²) in [7, 11) is 0. The molecule has 18 heavy (non-hydrogen) atoms. The molecule has 1 amide bonds. The minimum atomic E-state index is -0.114. The van der Waals surface area contributed by atoms with E-state index in [1.807, 2.05) is 4.90 Å². The minimum absolute atomic E-state index is 0.0776. The number of nitrogens with one attached hydrogen (secondary N) is 1. The van der Waals surface area contributed by atoms with Crippen LogP contribution in [0.1, 0.15) is 12.8 Å². The van der Waals surface area contributed by atoms with Crippen LogP contribution in [0.25, 0.3) is 0 Å². The molecule has 0 unspecified atom stereocenters. The molecule has 102 valence electrons. The van der Waals surface area contributed by atoms with Gasteiger partial charge in [0.05, 0.1) is 13.2 Å². The molecule has 1 rings (SSSR count). The molecule has 1 saturated heterocycles. The van der Waals surface area contributed by atoms with E-state index in [1.54, 1.807) is 0 Å². The number of hydrogen-bond acceptors (Lipinski definition) is 4. The number of guanidine groups is 1. The van der Waals surface area contributed by atoms with Crippen molar-refractivity contribution in [1.29, 1.82) is 5.41 Å². The highest BCUT2D eigenvalue weighted by Crippen LogP contribution is 2.09. The predicted molar refractivity (Wildman–Crippen MR) is 72.6 cm³/mol. The van der Waals surface area contributed by atoms with E-state index in [0.717, 1.165) is 0 Å². The fraction of sp³-hybridized carbons (Fsp3) is 0.700. The molecule has 0 atom stereocenters. The zero-order chi connectivity index (χ0) is 13.4. The number of carbonyl (C=O) groups excluding carboxylic acids is 1. The standard InChI is InChI=1S/C10H19N5O2S/c11-9(12)14-10(13)18-7-1-2-8(16)15-3-5-17-6-4-15/h1-7H2,(H5,11,12,13,14). The van der Waals surface area contributed by atoms with Gasteiger partial charge in [-0.1, -0.05) is 11.8 Å². The molecule has 1 aliphatic heterocycles. The van der Waals surface area contributed by atoms with E-state index in [-0.39, 0.29) is 17.0 Å². The Balaban J connectivity index is 2.12. The van der Waals surface area contributed by atoms with Crippen LogP contribution >= 0.6 is 11.8 Å². The van der Waals surface area contributed by atoms with Gasteiger partial charge in [-0.25, -0.2) is 0 Å². The van der Waals surface area contributed by atoms with E-state index in [0.29, 0.717) is 44.9 Å². The molecule has 1 heterocycles. The number of morpholine rings is 1. The summed E-state index contributed by atoms with van der Waals surface area (Å²) in [6.07, 6.45) is 1.20. The van der Waals surface area contributed by atoms with Gasteiger partial charge in [0, 0.05) is 25.3 Å². The van der Waals surface area contributed by atoms with Gasteiger partial charge in [0.1, 0.15) is 0 Å². The SMILES string of the molecule is N=C(N=C(N)N)SCCCC(=O)N1CCOCC1. The largest absolute Gasteiger partial charge is 0.378 e. The molecular weight excluding hydrogens is 254 g/mol. The van der Waals surface area contributed by atoms with Gasteiger partial charge in [-0.05, 0) is 6.42 Å². The fourth-order valence-electron chi connectivity index (χ4n) is 1.51. The van der Waals surface area contributed by atoms with Gasteiger partial charge in [0.2, 0.25) is 5.91 Å². The topological polar surface area (TPSA) is 118 Å². The quantitative estimate of drug-likeness (QED) is 0.365. The highest BCUT2D eigenvalue weighted by molar-refractivity contribution is 8.13. The van der Waals surface area contributed by atoms with Crippen molar-refractivity contribution in [2.75, 3.05) is 32.1 Å². The van der Waals surface area contributed by atoms with Crippen molar-refractivity contribution in [2.24, 2.45) is 16.5 Å². The predicted octanol–water partition coefficient (Wildman–Crippen LogP) is -0.433. The third kappa shape index (κ3) is 5.87. The molecule has 0 aromatic carbocycles. The first-order chi connectivity index (χ1) is 8.59. The Kier molecular flexibility index (Phi) is 6.51. The number of hydrogen-bond donors (Lipinski definition) is 3. The Labute approximate surface area is 110 Å². The molecule has 0 aliphatic carbocycles. The molecule has 0 saturated carbocycles. The first-order valence-corrected chi connectivity index (χ1v) is 6.74. The molecule has 1 fully saturated rings. The van der Waals surface area contributed by atoms with Gasteiger partial charge in [-0.15, -0.1) is 0 Å². The summed E-state index contributed by atoms with van der Waals surface area (Å²) in [5.74, 6) is 0.690. The number of thioether (sulfide) groups is 1. The lowest BCUT2D eigenvalue weighted by molar-refractivity contribution is -0.135. The lowest BCUT2D eigenvalue weighted by atomic mass is 10.3. The number of aliphatic imine (C=N–C) groups is 1. The average molecular weight is 273 g/mol. The van der Waals surface area contributed by atoms with Crippen molar-refractivity contribution < 1.29 is 9.53 Å². The number of amides is 1. The average Bonchev–Trinajstić information content (AvgIpc) is 2.34. The Morgan fingerprint density at radius 3 is 2.67 bits per heavy atom. The molecular formula is C10H19N5O2S. The molecule has 0 aromatic heterocycles. The summed E-state index contributed by atoms with van der Waals surface area (Å²) >= 11 is 1.23. The smallest absolute Gasteiger partial charge is 0.222 e. The third-order valence-electron chi connectivity index (χ3n) is 2.37. The van der Waals surface area contributed by atoms with Crippen LogP contribution in [-0.2, 0) is 9.53 Å². The molecule has 8 heteroatoms. The maximum absolute atomic E-state index is 11.8. The Hall–Kier alpha value is -1.28. The van der Waals surface area contributed by atoms with Crippen LogP contribution in [-0.4, -0.2) is 54.0 Å². The van der Waals surface area contributed by atoms with E-state index in [9.17, 15) is 4.79 Å². The number of carbonyl (C=O) groups is 1. The van der Waals surface area contributed by atoms with Crippen LogP contribution in [0.2, 0.25) is 0 Å². The molecule has 0 spiro atoms. The lowest BCUT2D eigenvalue weighted by Crippen LogP contribution is -2.40. The molecule has 0 aromatic rings. The number of ether oxygens (including phenoxy) is 1. The van der Waals surface area contributed by atoms with E-state index in [1.165, 1.54) is 11.8 Å². The van der Waals surface area contributed by atoms with Crippen LogP contribution in [0, 0.1) is 5.41 Å². The maximum atomic E-state index is 11.8. The van der Waals surface area contributed by atoms with Gasteiger partial charge in [0.15, 0.2) is 11.1 Å². The monoisotopic (exact) mass is 273 g/mol. The molecule has 0 bridgehead atoms. The van der Waals surface area contributed by atoms with Crippen LogP contribution < -0.4 is 11.5 Å². The summed E-state index contributed by atoms with van der Waals surface area (Å²) in [4.78, 5) is 17.2. The first kappa shape index (κ1) is 14.8.